The standard InChI is InChI=1S/C21H26FNO3/c1-20(2,3)26-19(24)23-14-8-7-13-21(23,25-4)17-12-11-15-9-5-6-10-16(15)18(17)22/h5-6,9-12H,7-8,13-14H2,1-4H3. The van der Waals surface area contributed by atoms with Gasteiger partial charge in [-0.2, -0.15) is 0 Å². The van der Waals surface area contributed by atoms with Crippen LogP contribution in [0, 0.1) is 5.82 Å². The highest BCUT2D eigenvalue weighted by Gasteiger charge is 2.47. The third-order valence-corrected chi connectivity index (χ3v) is 4.82. The maximum absolute atomic E-state index is 15.4. The molecule has 1 aliphatic heterocycles. The molecule has 2 aromatic rings. The van der Waals surface area contributed by atoms with Crippen LogP contribution in [0.25, 0.3) is 10.8 Å². The molecule has 1 unspecified atom stereocenters. The van der Waals surface area contributed by atoms with Gasteiger partial charge in [-0.15, -0.1) is 0 Å². The van der Waals surface area contributed by atoms with Gasteiger partial charge < -0.3 is 9.47 Å². The lowest BCUT2D eigenvalue weighted by Gasteiger charge is -2.46. The zero-order valence-corrected chi connectivity index (χ0v) is 15.8. The van der Waals surface area contributed by atoms with E-state index in [0.29, 0.717) is 23.9 Å². The average molecular weight is 359 g/mol. The number of amides is 1. The Bertz CT molecular complexity index is 814. The Hall–Kier alpha value is -2.14. The minimum Gasteiger partial charge on any atom is -0.444 e. The number of nitrogens with zero attached hydrogens (tertiary/aromatic N) is 1. The quantitative estimate of drug-likeness (QED) is 0.740. The second kappa shape index (κ2) is 6.88. The van der Waals surface area contributed by atoms with Crippen LogP contribution in [0.5, 0.6) is 0 Å². The van der Waals surface area contributed by atoms with Crippen LogP contribution in [-0.2, 0) is 15.2 Å². The smallest absolute Gasteiger partial charge is 0.412 e. The molecule has 0 saturated carbocycles. The Labute approximate surface area is 153 Å². The normalized spacial score (nSPS) is 21.0. The van der Waals surface area contributed by atoms with Crippen molar-refractivity contribution in [2.75, 3.05) is 13.7 Å². The predicted octanol–water partition coefficient (Wildman–Crippen LogP) is 5.20. The number of piperidine rings is 1. The Balaban J connectivity index is 2.11. The molecule has 140 valence electrons. The largest absolute Gasteiger partial charge is 0.444 e. The fraction of sp³-hybridized carbons (Fsp3) is 0.476. The first-order valence-corrected chi connectivity index (χ1v) is 9.02. The summed E-state index contributed by atoms with van der Waals surface area (Å²) in [5.74, 6) is -0.347. The highest BCUT2D eigenvalue weighted by Crippen LogP contribution is 2.41. The molecule has 26 heavy (non-hydrogen) atoms. The van der Waals surface area contributed by atoms with Gasteiger partial charge in [-0.1, -0.05) is 36.4 Å². The van der Waals surface area contributed by atoms with E-state index in [1.165, 1.54) is 12.0 Å². The summed E-state index contributed by atoms with van der Waals surface area (Å²) in [5, 5.41) is 1.34. The fourth-order valence-electron chi connectivity index (χ4n) is 3.64. The van der Waals surface area contributed by atoms with E-state index in [4.69, 9.17) is 9.47 Å². The third-order valence-electron chi connectivity index (χ3n) is 4.82. The van der Waals surface area contributed by atoms with Crippen molar-refractivity contribution in [3.8, 4) is 0 Å². The van der Waals surface area contributed by atoms with Crippen LogP contribution in [-0.4, -0.2) is 30.2 Å². The molecule has 1 fully saturated rings. The number of ether oxygens (including phenoxy) is 2. The molecule has 1 saturated heterocycles. The number of benzene rings is 2. The van der Waals surface area contributed by atoms with Gasteiger partial charge in [0.05, 0.1) is 0 Å². The molecule has 4 nitrogen and oxygen atoms in total. The van der Waals surface area contributed by atoms with Crippen molar-refractivity contribution in [2.24, 2.45) is 0 Å². The van der Waals surface area contributed by atoms with Gasteiger partial charge in [-0.3, -0.25) is 4.90 Å². The Kier molecular flexibility index (Phi) is 4.93. The van der Waals surface area contributed by atoms with E-state index >= 15 is 4.39 Å². The SMILES string of the molecule is COC1(c2ccc3ccccc3c2F)CCCCN1C(=O)OC(C)(C)C. The molecule has 0 aliphatic carbocycles. The highest BCUT2D eigenvalue weighted by molar-refractivity contribution is 5.84. The number of hydrogen-bond donors (Lipinski definition) is 0. The fourth-order valence-corrected chi connectivity index (χ4v) is 3.64. The van der Waals surface area contributed by atoms with Crippen LogP contribution in [0.2, 0.25) is 0 Å². The first-order chi connectivity index (χ1) is 12.3. The monoisotopic (exact) mass is 359 g/mol. The molecule has 0 spiro atoms. The van der Waals surface area contributed by atoms with Gasteiger partial charge in [0, 0.05) is 31.0 Å². The molecule has 1 aliphatic rings. The van der Waals surface area contributed by atoms with Gasteiger partial charge >= 0.3 is 6.09 Å². The number of rotatable bonds is 2. The number of carbonyl (C=O) groups excluding carboxylic acids is 1. The second-order valence-corrected chi connectivity index (χ2v) is 7.73. The van der Waals surface area contributed by atoms with Crippen LogP contribution < -0.4 is 0 Å². The van der Waals surface area contributed by atoms with Gasteiger partial charge in [0.2, 0.25) is 0 Å². The lowest BCUT2D eigenvalue weighted by atomic mass is 9.89. The van der Waals surface area contributed by atoms with Crippen molar-refractivity contribution in [1.82, 2.24) is 4.90 Å². The number of methoxy groups -OCH3 is 1. The molecule has 1 heterocycles. The first-order valence-electron chi connectivity index (χ1n) is 9.02. The van der Waals surface area contributed by atoms with Crippen molar-refractivity contribution in [1.29, 1.82) is 0 Å². The summed E-state index contributed by atoms with van der Waals surface area (Å²) in [5.41, 5.74) is -1.41. The summed E-state index contributed by atoms with van der Waals surface area (Å²) >= 11 is 0. The maximum atomic E-state index is 15.4. The van der Waals surface area contributed by atoms with Crippen molar-refractivity contribution >= 4 is 16.9 Å². The van der Waals surface area contributed by atoms with E-state index in [2.05, 4.69) is 0 Å². The average Bonchev–Trinajstić information content (AvgIpc) is 2.60. The van der Waals surface area contributed by atoms with Gasteiger partial charge in [0.15, 0.2) is 5.72 Å². The van der Waals surface area contributed by atoms with Crippen molar-refractivity contribution in [3.05, 3.63) is 47.8 Å². The van der Waals surface area contributed by atoms with Crippen molar-refractivity contribution < 1.29 is 18.7 Å². The molecule has 3 rings (SSSR count). The van der Waals surface area contributed by atoms with Crippen LogP contribution in [0.4, 0.5) is 9.18 Å². The molecular weight excluding hydrogens is 333 g/mol. The number of hydrogen-bond acceptors (Lipinski definition) is 3. The molecule has 0 N–H and O–H groups in total. The van der Waals surface area contributed by atoms with Crippen LogP contribution in [0.3, 0.4) is 0 Å². The van der Waals surface area contributed by atoms with Gasteiger partial charge in [0.25, 0.3) is 0 Å². The number of halogens is 1. The summed E-state index contributed by atoms with van der Waals surface area (Å²) in [4.78, 5) is 14.4. The van der Waals surface area contributed by atoms with E-state index < -0.39 is 17.4 Å². The minimum absolute atomic E-state index is 0.347. The lowest BCUT2D eigenvalue weighted by molar-refractivity contribution is -0.158. The minimum atomic E-state index is -1.16. The summed E-state index contributed by atoms with van der Waals surface area (Å²) in [6.45, 7) is 5.93. The van der Waals surface area contributed by atoms with E-state index in [9.17, 15) is 4.79 Å². The van der Waals surface area contributed by atoms with E-state index in [1.807, 2.05) is 39.0 Å². The van der Waals surface area contributed by atoms with Gasteiger partial charge in [-0.05, 0) is 39.0 Å². The number of fused-ring (bicyclic) bond motifs is 1. The first kappa shape index (κ1) is 18.6. The van der Waals surface area contributed by atoms with Gasteiger partial charge in [0.1, 0.15) is 11.4 Å². The predicted molar refractivity (Wildman–Crippen MR) is 99.4 cm³/mol. The highest BCUT2D eigenvalue weighted by atomic mass is 19.1. The molecule has 5 heteroatoms. The summed E-state index contributed by atoms with van der Waals surface area (Å²) in [6, 6.07) is 10.9. The van der Waals surface area contributed by atoms with Crippen LogP contribution in [0.15, 0.2) is 36.4 Å². The maximum Gasteiger partial charge on any atom is 0.412 e. The molecular formula is C21H26FNO3. The third kappa shape index (κ3) is 3.28. The number of carbonyl (C=O) groups is 1. The Morgan fingerprint density at radius 2 is 1.88 bits per heavy atom. The summed E-state index contributed by atoms with van der Waals surface area (Å²) in [7, 11) is 1.53. The zero-order valence-electron chi connectivity index (χ0n) is 15.8. The van der Waals surface area contributed by atoms with E-state index in [0.717, 1.165) is 18.2 Å². The molecule has 0 bridgehead atoms. The second-order valence-electron chi connectivity index (χ2n) is 7.73. The van der Waals surface area contributed by atoms with Gasteiger partial charge in [-0.25, -0.2) is 9.18 Å². The topological polar surface area (TPSA) is 38.8 Å². The molecule has 2 aromatic carbocycles. The number of likely N-dealkylation sites (tertiary alicyclic amines) is 1. The zero-order chi connectivity index (χ0) is 18.9. The summed E-state index contributed by atoms with van der Waals surface area (Å²) < 4.78 is 26.8. The molecule has 0 aromatic heterocycles. The van der Waals surface area contributed by atoms with Crippen LogP contribution in [0.1, 0.15) is 45.6 Å². The van der Waals surface area contributed by atoms with E-state index in [-0.39, 0.29) is 5.82 Å². The molecule has 1 amide bonds. The van der Waals surface area contributed by atoms with Crippen LogP contribution >= 0.6 is 0 Å². The van der Waals surface area contributed by atoms with Crippen molar-refractivity contribution in [2.45, 2.75) is 51.4 Å². The van der Waals surface area contributed by atoms with E-state index in [1.54, 1.807) is 18.2 Å². The Morgan fingerprint density at radius 1 is 1.15 bits per heavy atom. The molecule has 1 atom stereocenters. The Morgan fingerprint density at radius 3 is 2.58 bits per heavy atom. The van der Waals surface area contributed by atoms with Crippen molar-refractivity contribution in [3.63, 3.8) is 0 Å². The lowest BCUT2D eigenvalue weighted by Crippen LogP contribution is -2.55. The molecule has 0 radical (unpaired) electrons. The summed E-state index contributed by atoms with van der Waals surface area (Å²) in [6.07, 6.45) is 1.73.